The molecule has 4 nitrogen and oxygen atoms in total. The number of carbonyl (C=O) groups excluding carboxylic acids is 1. The molecular weight excluding hydrogens is 204 g/mol. The van der Waals surface area contributed by atoms with Crippen LogP contribution in [0.15, 0.2) is 0 Å². The molecule has 1 aliphatic carbocycles. The van der Waals surface area contributed by atoms with Crippen LogP contribution in [-0.2, 0) is 9.53 Å². The van der Waals surface area contributed by atoms with E-state index in [1.165, 1.54) is 12.8 Å². The third-order valence-corrected chi connectivity index (χ3v) is 3.64. The first-order chi connectivity index (χ1) is 7.75. The van der Waals surface area contributed by atoms with Crippen molar-refractivity contribution < 1.29 is 9.53 Å². The first-order valence-corrected chi connectivity index (χ1v) is 6.36. The minimum atomic E-state index is 0.168. The summed E-state index contributed by atoms with van der Waals surface area (Å²) in [6.07, 6.45) is 4.18. The van der Waals surface area contributed by atoms with Gasteiger partial charge in [-0.05, 0) is 18.8 Å². The van der Waals surface area contributed by atoms with Crippen molar-refractivity contribution in [1.29, 1.82) is 0 Å². The molecule has 3 atom stereocenters. The maximum Gasteiger partial charge on any atom is 0.221 e. The van der Waals surface area contributed by atoms with Gasteiger partial charge in [0.1, 0.15) is 0 Å². The lowest BCUT2D eigenvalue weighted by Crippen LogP contribution is -2.46. The lowest BCUT2D eigenvalue weighted by atomic mass is 10.1. The standard InChI is InChI=1S/C12H22N2O2/c1-9-3-2-4-11(9)14-12(15)7-10-8-16-6-5-13-10/h9-11,13H,2-8H2,1H3,(H,14,15). The Hall–Kier alpha value is -0.610. The molecule has 1 amide bonds. The average Bonchev–Trinajstić information content (AvgIpc) is 2.66. The summed E-state index contributed by atoms with van der Waals surface area (Å²) >= 11 is 0. The summed E-state index contributed by atoms with van der Waals surface area (Å²) in [5.41, 5.74) is 0. The molecule has 2 aliphatic rings. The van der Waals surface area contributed by atoms with Gasteiger partial charge >= 0.3 is 0 Å². The van der Waals surface area contributed by atoms with E-state index in [1.54, 1.807) is 0 Å². The predicted octanol–water partition coefficient (Wildman–Crippen LogP) is 0.670. The summed E-state index contributed by atoms with van der Waals surface area (Å²) in [4.78, 5) is 11.8. The molecule has 0 bridgehead atoms. The first-order valence-electron chi connectivity index (χ1n) is 6.36. The molecule has 1 aliphatic heterocycles. The monoisotopic (exact) mass is 226 g/mol. The molecule has 2 rings (SSSR count). The molecule has 92 valence electrons. The van der Waals surface area contributed by atoms with Gasteiger partial charge in [-0.15, -0.1) is 0 Å². The molecule has 0 aromatic heterocycles. The van der Waals surface area contributed by atoms with E-state index in [0.717, 1.165) is 19.6 Å². The SMILES string of the molecule is CC1CCCC1NC(=O)CC1COCCN1. The number of nitrogens with one attached hydrogen (secondary N) is 2. The molecule has 1 heterocycles. The van der Waals surface area contributed by atoms with Gasteiger partial charge in [0.2, 0.25) is 5.91 Å². The van der Waals surface area contributed by atoms with E-state index in [4.69, 9.17) is 4.74 Å². The number of ether oxygens (including phenoxy) is 1. The number of hydrogen-bond acceptors (Lipinski definition) is 3. The maximum absolute atomic E-state index is 11.8. The topological polar surface area (TPSA) is 50.4 Å². The third kappa shape index (κ3) is 3.19. The van der Waals surface area contributed by atoms with Gasteiger partial charge in [0.15, 0.2) is 0 Å². The number of morpholine rings is 1. The lowest BCUT2D eigenvalue weighted by Gasteiger charge is -2.24. The minimum Gasteiger partial charge on any atom is -0.378 e. The van der Waals surface area contributed by atoms with E-state index < -0.39 is 0 Å². The number of rotatable bonds is 3. The fourth-order valence-electron chi connectivity index (χ4n) is 2.60. The number of carbonyl (C=O) groups is 1. The fraction of sp³-hybridized carbons (Fsp3) is 0.917. The molecule has 3 unspecified atom stereocenters. The van der Waals surface area contributed by atoms with E-state index in [2.05, 4.69) is 17.6 Å². The molecular formula is C12H22N2O2. The van der Waals surface area contributed by atoms with Gasteiger partial charge in [-0.25, -0.2) is 0 Å². The summed E-state index contributed by atoms with van der Waals surface area (Å²) < 4.78 is 5.33. The Morgan fingerprint density at radius 2 is 2.38 bits per heavy atom. The van der Waals surface area contributed by atoms with Crippen LogP contribution in [0.25, 0.3) is 0 Å². The quantitative estimate of drug-likeness (QED) is 0.743. The molecule has 0 radical (unpaired) electrons. The van der Waals surface area contributed by atoms with Gasteiger partial charge in [0, 0.05) is 25.0 Å². The van der Waals surface area contributed by atoms with Crippen LogP contribution in [0.4, 0.5) is 0 Å². The van der Waals surface area contributed by atoms with Crippen LogP contribution in [0.1, 0.15) is 32.6 Å². The van der Waals surface area contributed by atoms with Crippen molar-refractivity contribution >= 4 is 5.91 Å². The van der Waals surface area contributed by atoms with Crippen LogP contribution in [0.2, 0.25) is 0 Å². The Kier molecular flexibility index (Phi) is 4.18. The molecule has 16 heavy (non-hydrogen) atoms. The minimum absolute atomic E-state index is 0.168. The molecule has 4 heteroatoms. The van der Waals surface area contributed by atoms with Gasteiger partial charge in [-0.3, -0.25) is 4.79 Å². The Bertz CT molecular complexity index is 239. The summed E-state index contributed by atoms with van der Waals surface area (Å²) in [5.74, 6) is 0.807. The van der Waals surface area contributed by atoms with E-state index in [9.17, 15) is 4.79 Å². The summed E-state index contributed by atoms with van der Waals surface area (Å²) in [6.45, 7) is 4.50. The summed E-state index contributed by atoms with van der Waals surface area (Å²) in [5, 5.41) is 6.44. The van der Waals surface area contributed by atoms with Gasteiger partial charge in [-0.1, -0.05) is 13.3 Å². The first kappa shape index (κ1) is 11.9. The molecule has 0 aromatic rings. The second-order valence-corrected chi connectivity index (χ2v) is 5.01. The van der Waals surface area contributed by atoms with E-state index in [0.29, 0.717) is 25.0 Å². The van der Waals surface area contributed by atoms with Gasteiger partial charge in [-0.2, -0.15) is 0 Å². The third-order valence-electron chi connectivity index (χ3n) is 3.64. The van der Waals surface area contributed by atoms with E-state index >= 15 is 0 Å². The van der Waals surface area contributed by atoms with Crippen molar-refractivity contribution in [2.24, 2.45) is 5.92 Å². The number of amides is 1. The van der Waals surface area contributed by atoms with Crippen LogP contribution in [0.5, 0.6) is 0 Å². The van der Waals surface area contributed by atoms with Gasteiger partial charge in [0.05, 0.1) is 13.2 Å². The highest BCUT2D eigenvalue weighted by Gasteiger charge is 2.25. The van der Waals surface area contributed by atoms with Crippen molar-refractivity contribution in [2.45, 2.75) is 44.7 Å². The van der Waals surface area contributed by atoms with Crippen LogP contribution >= 0.6 is 0 Å². The van der Waals surface area contributed by atoms with Gasteiger partial charge < -0.3 is 15.4 Å². The van der Waals surface area contributed by atoms with Gasteiger partial charge in [0.25, 0.3) is 0 Å². The molecule has 2 fully saturated rings. The van der Waals surface area contributed by atoms with Crippen LogP contribution in [-0.4, -0.2) is 37.7 Å². The van der Waals surface area contributed by atoms with Crippen molar-refractivity contribution in [1.82, 2.24) is 10.6 Å². The zero-order chi connectivity index (χ0) is 11.4. The smallest absolute Gasteiger partial charge is 0.221 e. The predicted molar refractivity (Wildman–Crippen MR) is 62.2 cm³/mol. The Balaban J connectivity index is 1.70. The summed E-state index contributed by atoms with van der Waals surface area (Å²) in [7, 11) is 0. The summed E-state index contributed by atoms with van der Waals surface area (Å²) in [6, 6.07) is 0.600. The van der Waals surface area contributed by atoms with Crippen molar-refractivity contribution in [2.75, 3.05) is 19.8 Å². The zero-order valence-electron chi connectivity index (χ0n) is 10.00. The molecule has 0 aromatic carbocycles. The molecule has 0 spiro atoms. The van der Waals surface area contributed by atoms with Crippen molar-refractivity contribution in [3.63, 3.8) is 0 Å². The van der Waals surface area contributed by atoms with Crippen LogP contribution in [0.3, 0.4) is 0 Å². The Morgan fingerprint density at radius 3 is 3.00 bits per heavy atom. The molecule has 1 saturated carbocycles. The average molecular weight is 226 g/mol. The maximum atomic E-state index is 11.8. The lowest BCUT2D eigenvalue weighted by molar-refractivity contribution is -0.123. The zero-order valence-corrected chi connectivity index (χ0v) is 10.00. The largest absolute Gasteiger partial charge is 0.378 e. The van der Waals surface area contributed by atoms with Crippen molar-refractivity contribution in [3.8, 4) is 0 Å². The number of hydrogen-bond donors (Lipinski definition) is 2. The van der Waals surface area contributed by atoms with Crippen LogP contribution < -0.4 is 10.6 Å². The van der Waals surface area contributed by atoms with Crippen LogP contribution in [0, 0.1) is 5.92 Å². The van der Waals surface area contributed by atoms with Crippen molar-refractivity contribution in [3.05, 3.63) is 0 Å². The Morgan fingerprint density at radius 1 is 1.50 bits per heavy atom. The normalized spacial score (nSPS) is 34.9. The highest BCUT2D eigenvalue weighted by molar-refractivity contribution is 5.77. The molecule has 2 N–H and O–H groups in total. The second kappa shape index (κ2) is 5.64. The van der Waals surface area contributed by atoms with E-state index in [1.807, 2.05) is 0 Å². The molecule has 1 saturated heterocycles. The second-order valence-electron chi connectivity index (χ2n) is 5.01. The fourth-order valence-corrected chi connectivity index (χ4v) is 2.60. The van der Waals surface area contributed by atoms with E-state index in [-0.39, 0.29) is 11.9 Å². The Labute approximate surface area is 97.1 Å². The highest BCUT2D eigenvalue weighted by atomic mass is 16.5. The highest BCUT2D eigenvalue weighted by Crippen LogP contribution is 2.24.